The fourth-order valence-electron chi connectivity index (χ4n) is 4.13. The summed E-state index contributed by atoms with van der Waals surface area (Å²) in [7, 11) is -1.51. The molecular weight excluding hydrogens is 407 g/mol. The number of H-pyrrole nitrogens is 1. The Morgan fingerprint density at radius 1 is 1.30 bits per heavy atom. The predicted molar refractivity (Wildman–Crippen MR) is 113 cm³/mol. The van der Waals surface area contributed by atoms with Crippen molar-refractivity contribution >= 4 is 26.6 Å². The normalized spacial score (nSPS) is 18.9. The molecule has 158 valence electrons. The molecule has 4 rings (SSSR count). The average molecular weight is 431 g/mol. The molecule has 2 atom stereocenters. The fourth-order valence-corrected chi connectivity index (χ4v) is 5.81. The Morgan fingerprint density at radius 2 is 2.10 bits per heavy atom. The van der Waals surface area contributed by atoms with Crippen molar-refractivity contribution in [3.63, 3.8) is 0 Å². The summed E-state index contributed by atoms with van der Waals surface area (Å²) in [4.78, 5) is 16.0. The van der Waals surface area contributed by atoms with E-state index >= 15 is 0 Å². The van der Waals surface area contributed by atoms with Crippen LogP contribution in [0.15, 0.2) is 48.7 Å². The van der Waals surface area contributed by atoms with Gasteiger partial charge in [-0.1, -0.05) is 18.2 Å². The average Bonchev–Trinajstić information content (AvgIpc) is 3.28. The quantitative estimate of drug-likeness (QED) is 0.629. The summed E-state index contributed by atoms with van der Waals surface area (Å²) >= 11 is 0. The molecule has 0 spiro atoms. The lowest BCUT2D eigenvalue weighted by atomic mass is 9.87. The van der Waals surface area contributed by atoms with E-state index in [9.17, 15) is 17.6 Å². The fraction of sp³-hybridized carbons (Fsp3) is 0.318. The molecule has 0 radical (unpaired) electrons. The van der Waals surface area contributed by atoms with Crippen LogP contribution in [0.2, 0.25) is 0 Å². The van der Waals surface area contributed by atoms with E-state index in [-0.39, 0.29) is 35.7 Å². The van der Waals surface area contributed by atoms with Gasteiger partial charge in [-0.25, -0.2) is 12.8 Å². The minimum Gasteiger partial charge on any atom is -0.496 e. The van der Waals surface area contributed by atoms with Crippen LogP contribution in [-0.4, -0.2) is 44.0 Å². The van der Waals surface area contributed by atoms with Gasteiger partial charge in [-0.05, 0) is 41.8 Å². The van der Waals surface area contributed by atoms with E-state index in [1.165, 1.54) is 12.1 Å². The highest BCUT2D eigenvalue weighted by Gasteiger charge is 2.30. The van der Waals surface area contributed by atoms with Crippen LogP contribution in [0.4, 0.5) is 4.39 Å². The smallest absolute Gasteiger partial charge is 0.221 e. The van der Waals surface area contributed by atoms with E-state index in [1.54, 1.807) is 19.2 Å². The third kappa shape index (κ3) is 4.18. The number of nitrogens with one attached hydrogen (secondary N) is 2. The van der Waals surface area contributed by atoms with E-state index in [0.29, 0.717) is 17.7 Å². The van der Waals surface area contributed by atoms with Crippen LogP contribution in [-0.2, 0) is 14.6 Å². The zero-order chi connectivity index (χ0) is 21.3. The summed E-state index contributed by atoms with van der Waals surface area (Å²) in [6, 6.07) is 11.4. The van der Waals surface area contributed by atoms with E-state index in [4.69, 9.17) is 4.74 Å². The number of aromatic amines is 1. The summed E-state index contributed by atoms with van der Waals surface area (Å²) in [5, 5.41) is 3.67. The lowest BCUT2D eigenvalue weighted by Crippen LogP contribution is -2.36. The number of carbonyl (C=O) groups is 1. The largest absolute Gasteiger partial charge is 0.496 e. The summed E-state index contributed by atoms with van der Waals surface area (Å²) in [6.45, 7) is 0. The Labute approximate surface area is 174 Å². The second-order valence-electron chi connectivity index (χ2n) is 7.61. The molecule has 3 aromatic rings. The molecule has 1 fully saturated rings. The number of ether oxygens (including phenoxy) is 1. The van der Waals surface area contributed by atoms with Crippen molar-refractivity contribution in [3.05, 3.63) is 65.6 Å². The number of rotatable bonds is 6. The van der Waals surface area contributed by atoms with Gasteiger partial charge in [-0.3, -0.25) is 4.79 Å². The van der Waals surface area contributed by atoms with Crippen LogP contribution in [0.1, 0.15) is 29.9 Å². The molecule has 0 saturated carbocycles. The topological polar surface area (TPSA) is 88.3 Å². The lowest BCUT2D eigenvalue weighted by molar-refractivity contribution is -0.121. The van der Waals surface area contributed by atoms with Gasteiger partial charge in [-0.2, -0.15) is 0 Å². The molecule has 0 unspecified atom stereocenters. The first-order valence-corrected chi connectivity index (χ1v) is 11.6. The first-order valence-electron chi connectivity index (χ1n) is 9.75. The Balaban J connectivity index is 1.69. The summed E-state index contributed by atoms with van der Waals surface area (Å²) in [5.41, 5.74) is 2.34. The van der Waals surface area contributed by atoms with Crippen LogP contribution >= 0.6 is 0 Å². The Bertz CT molecular complexity index is 1190. The van der Waals surface area contributed by atoms with Gasteiger partial charge in [0.1, 0.15) is 11.6 Å². The van der Waals surface area contributed by atoms with Crippen molar-refractivity contribution < 1.29 is 22.3 Å². The Kier molecular flexibility index (Phi) is 5.51. The SMILES string of the molecule is COc1cccc2[nH]cc([C@H](CC(=O)N[C@@H]3CCS(=O)(=O)C3)c3cccc(F)c3)c12. The van der Waals surface area contributed by atoms with Gasteiger partial charge in [0.2, 0.25) is 5.91 Å². The monoisotopic (exact) mass is 430 g/mol. The van der Waals surface area contributed by atoms with Crippen molar-refractivity contribution in [1.82, 2.24) is 10.3 Å². The van der Waals surface area contributed by atoms with Crippen LogP contribution < -0.4 is 10.1 Å². The molecule has 1 saturated heterocycles. The highest BCUT2D eigenvalue weighted by atomic mass is 32.2. The highest BCUT2D eigenvalue weighted by molar-refractivity contribution is 7.91. The predicted octanol–water partition coefficient (Wildman–Crippen LogP) is 3.14. The van der Waals surface area contributed by atoms with Crippen LogP contribution in [0, 0.1) is 5.82 Å². The number of hydrogen-bond acceptors (Lipinski definition) is 4. The minimum absolute atomic E-state index is 0.0374. The van der Waals surface area contributed by atoms with Crippen molar-refractivity contribution in [2.75, 3.05) is 18.6 Å². The summed E-state index contributed by atoms with van der Waals surface area (Å²) in [6.07, 6.45) is 2.29. The van der Waals surface area contributed by atoms with Gasteiger partial charge in [0.25, 0.3) is 0 Å². The minimum atomic E-state index is -3.09. The molecule has 1 amide bonds. The third-order valence-corrected chi connectivity index (χ3v) is 7.30. The molecule has 1 aromatic heterocycles. The maximum absolute atomic E-state index is 14.0. The molecule has 2 aromatic carbocycles. The maximum atomic E-state index is 14.0. The van der Waals surface area contributed by atoms with Crippen molar-refractivity contribution in [3.8, 4) is 5.75 Å². The molecule has 1 aliphatic heterocycles. The number of aromatic nitrogens is 1. The molecule has 6 nitrogen and oxygen atoms in total. The number of amides is 1. The Hall–Kier alpha value is -2.87. The third-order valence-electron chi connectivity index (χ3n) is 5.53. The number of methoxy groups -OCH3 is 1. The highest BCUT2D eigenvalue weighted by Crippen LogP contribution is 2.38. The van der Waals surface area contributed by atoms with Gasteiger partial charge in [0.05, 0.1) is 18.6 Å². The number of fused-ring (bicyclic) bond motifs is 1. The van der Waals surface area contributed by atoms with E-state index in [1.807, 2.05) is 24.4 Å². The zero-order valence-electron chi connectivity index (χ0n) is 16.5. The van der Waals surface area contributed by atoms with Crippen molar-refractivity contribution in [2.24, 2.45) is 0 Å². The van der Waals surface area contributed by atoms with Gasteiger partial charge in [0.15, 0.2) is 9.84 Å². The number of carbonyl (C=O) groups excluding carboxylic acids is 1. The first-order chi connectivity index (χ1) is 14.4. The van der Waals surface area contributed by atoms with Crippen LogP contribution in [0.25, 0.3) is 10.9 Å². The molecule has 8 heteroatoms. The maximum Gasteiger partial charge on any atom is 0.221 e. The van der Waals surface area contributed by atoms with Gasteiger partial charge in [-0.15, -0.1) is 0 Å². The molecule has 1 aliphatic rings. The number of hydrogen-bond donors (Lipinski definition) is 2. The molecule has 2 N–H and O–H groups in total. The van der Waals surface area contributed by atoms with Gasteiger partial charge >= 0.3 is 0 Å². The zero-order valence-corrected chi connectivity index (χ0v) is 17.3. The molecule has 2 heterocycles. The van der Waals surface area contributed by atoms with Crippen LogP contribution in [0.5, 0.6) is 5.75 Å². The van der Waals surface area contributed by atoms with E-state index in [0.717, 1.165) is 16.5 Å². The molecule has 0 bridgehead atoms. The second kappa shape index (κ2) is 8.10. The van der Waals surface area contributed by atoms with Gasteiger partial charge < -0.3 is 15.0 Å². The van der Waals surface area contributed by atoms with Crippen molar-refractivity contribution in [1.29, 1.82) is 0 Å². The van der Waals surface area contributed by atoms with E-state index in [2.05, 4.69) is 10.3 Å². The second-order valence-corrected chi connectivity index (χ2v) is 9.83. The molecule has 0 aliphatic carbocycles. The van der Waals surface area contributed by atoms with E-state index < -0.39 is 15.8 Å². The first kappa shape index (κ1) is 20.4. The number of halogens is 1. The molecule has 30 heavy (non-hydrogen) atoms. The number of benzene rings is 2. The Morgan fingerprint density at radius 3 is 2.80 bits per heavy atom. The van der Waals surface area contributed by atoms with Gasteiger partial charge in [0, 0.05) is 35.5 Å². The standard InChI is InChI=1S/C22H23FN2O4S/c1-29-20-7-3-6-19-22(20)18(12-24-19)17(14-4-2-5-15(23)10-14)11-21(26)25-16-8-9-30(27,28)13-16/h2-7,10,12,16-17,24H,8-9,11,13H2,1H3,(H,25,26)/t16-,17-/m1/s1. The summed E-state index contributed by atoms with van der Waals surface area (Å²) < 4.78 is 42.9. The van der Waals surface area contributed by atoms with Crippen molar-refractivity contribution in [2.45, 2.75) is 24.8 Å². The summed E-state index contributed by atoms with van der Waals surface area (Å²) in [5.74, 6) is -0.367. The molecular formula is C22H23FN2O4S. The van der Waals surface area contributed by atoms with Crippen LogP contribution in [0.3, 0.4) is 0 Å². The lowest BCUT2D eigenvalue weighted by Gasteiger charge is -2.19. The number of sulfone groups is 1.